The van der Waals surface area contributed by atoms with Gasteiger partial charge in [-0.05, 0) is 86.3 Å². The first-order chi connectivity index (χ1) is 22.6. The number of fused-ring (bicyclic) bond motifs is 3. The normalized spacial score (nSPS) is 11.5. The number of rotatable bonds is 6. The van der Waals surface area contributed by atoms with Crippen LogP contribution in [0.1, 0.15) is 25.3 Å². The predicted molar refractivity (Wildman–Crippen MR) is 197 cm³/mol. The van der Waals surface area contributed by atoms with Gasteiger partial charge in [-0.25, -0.2) is 0 Å². The van der Waals surface area contributed by atoms with Gasteiger partial charge in [0.1, 0.15) is 0 Å². The highest BCUT2D eigenvalue weighted by atomic mass is 15.0. The van der Waals surface area contributed by atoms with Gasteiger partial charge in [0.05, 0.1) is 11.0 Å². The molecule has 0 aliphatic rings. The van der Waals surface area contributed by atoms with E-state index < -0.39 is 0 Å². The van der Waals surface area contributed by atoms with E-state index in [4.69, 9.17) is 0 Å². The number of benzene rings is 7. The average Bonchev–Trinajstić information content (AvgIpc) is 3.46. The van der Waals surface area contributed by atoms with Gasteiger partial charge < -0.3 is 4.57 Å². The van der Waals surface area contributed by atoms with Gasteiger partial charge in [0.15, 0.2) is 0 Å². The summed E-state index contributed by atoms with van der Waals surface area (Å²) in [5.41, 5.74) is 14.9. The molecule has 0 fully saturated rings. The summed E-state index contributed by atoms with van der Waals surface area (Å²) in [6.45, 7) is 4.47. The van der Waals surface area contributed by atoms with Gasteiger partial charge in [-0.2, -0.15) is 0 Å². The molecule has 0 N–H and O–H groups in total. The first-order valence-electron chi connectivity index (χ1n) is 16.1. The smallest absolute Gasteiger partial charge is 0.0541 e. The molecule has 0 spiro atoms. The van der Waals surface area contributed by atoms with E-state index in [2.05, 4.69) is 188 Å². The van der Waals surface area contributed by atoms with E-state index in [9.17, 15) is 0 Å². The minimum absolute atomic E-state index is 0.549. The zero-order valence-corrected chi connectivity index (χ0v) is 26.2. The number of aromatic nitrogens is 1. The first-order valence-corrected chi connectivity index (χ1v) is 16.1. The molecule has 8 aromatic rings. The highest BCUT2D eigenvalue weighted by Crippen LogP contribution is 2.36. The second-order valence-electron chi connectivity index (χ2n) is 12.4. The molecule has 1 aromatic heterocycles. The lowest BCUT2D eigenvalue weighted by molar-refractivity contribution is 0.867. The summed E-state index contributed by atoms with van der Waals surface area (Å²) in [4.78, 5) is 0. The minimum atomic E-state index is 0.549. The van der Waals surface area contributed by atoms with Crippen LogP contribution in [-0.2, 0) is 0 Å². The maximum atomic E-state index is 2.36. The molecule has 0 atom stereocenters. The van der Waals surface area contributed by atoms with Gasteiger partial charge in [-0.3, -0.25) is 0 Å². The largest absolute Gasteiger partial charge is 0.309 e. The predicted octanol–water partition coefficient (Wildman–Crippen LogP) is 12.6. The molecule has 0 amide bonds. The highest BCUT2D eigenvalue weighted by molar-refractivity contribution is 6.10. The summed E-state index contributed by atoms with van der Waals surface area (Å²) in [6.07, 6.45) is 0. The van der Waals surface area contributed by atoms with Crippen LogP contribution < -0.4 is 0 Å². The minimum Gasteiger partial charge on any atom is -0.309 e. The van der Waals surface area contributed by atoms with Crippen molar-refractivity contribution >= 4 is 21.8 Å². The molecule has 0 aliphatic heterocycles. The fourth-order valence-corrected chi connectivity index (χ4v) is 6.63. The van der Waals surface area contributed by atoms with Crippen molar-refractivity contribution in [2.45, 2.75) is 19.8 Å². The average molecular weight is 590 g/mol. The summed E-state index contributed by atoms with van der Waals surface area (Å²) in [5.74, 6) is 0.549. The van der Waals surface area contributed by atoms with Crippen LogP contribution in [0.3, 0.4) is 0 Å². The molecule has 8 rings (SSSR count). The van der Waals surface area contributed by atoms with Gasteiger partial charge in [-0.1, -0.05) is 153 Å². The third kappa shape index (κ3) is 5.10. The molecule has 1 heterocycles. The van der Waals surface area contributed by atoms with Crippen molar-refractivity contribution in [3.8, 4) is 50.2 Å². The van der Waals surface area contributed by atoms with Crippen LogP contribution in [-0.4, -0.2) is 4.57 Å². The lowest BCUT2D eigenvalue weighted by atomic mass is 9.96. The van der Waals surface area contributed by atoms with Gasteiger partial charge in [0.25, 0.3) is 0 Å². The molecule has 0 aliphatic carbocycles. The number of para-hydroxylation sites is 2. The Labute approximate surface area is 271 Å². The lowest BCUT2D eigenvalue weighted by Gasteiger charge is -2.09. The SMILES string of the molecule is CC(C)c1ccc(-c2ccc(-c3ccc(-c4ccc(-c5ccc6c(c5)c5ccccc5n6-c5ccccc5)cc4)cc3)cc2)cc1. The van der Waals surface area contributed by atoms with E-state index in [-0.39, 0.29) is 0 Å². The molecule has 0 radical (unpaired) electrons. The van der Waals surface area contributed by atoms with Gasteiger partial charge in [0.2, 0.25) is 0 Å². The van der Waals surface area contributed by atoms with Crippen molar-refractivity contribution in [3.63, 3.8) is 0 Å². The molecule has 7 aromatic carbocycles. The standard InChI is InChI=1S/C45H35N/c1-31(2)32-12-14-33(15-13-32)34-16-18-35(19-17-34)36-20-22-37(23-21-36)38-24-26-39(27-25-38)40-28-29-45-43(30-40)42-10-6-7-11-44(42)46(45)41-8-4-3-5-9-41/h3-31H,1-2H3. The maximum Gasteiger partial charge on any atom is 0.0541 e. The van der Waals surface area contributed by atoms with Crippen molar-refractivity contribution in [1.29, 1.82) is 0 Å². The Kier molecular flexibility index (Phi) is 7.08. The number of hydrogen-bond acceptors (Lipinski definition) is 0. The van der Waals surface area contributed by atoms with E-state index >= 15 is 0 Å². The van der Waals surface area contributed by atoms with E-state index in [1.165, 1.54) is 77.6 Å². The summed E-state index contributed by atoms with van der Waals surface area (Å²) in [7, 11) is 0. The summed E-state index contributed by atoms with van der Waals surface area (Å²) in [5, 5.41) is 2.54. The fourth-order valence-electron chi connectivity index (χ4n) is 6.63. The van der Waals surface area contributed by atoms with Crippen LogP contribution in [0.5, 0.6) is 0 Å². The van der Waals surface area contributed by atoms with Crippen molar-refractivity contribution in [1.82, 2.24) is 4.57 Å². The van der Waals surface area contributed by atoms with Crippen molar-refractivity contribution in [3.05, 3.63) is 175 Å². The Morgan fingerprint density at radius 1 is 0.348 bits per heavy atom. The molecule has 1 nitrogen and oxygen atoms in total. The molecule has 220 valence electrons. The van der Waals surface area contributed by atoms with E-state index in [1.807, 2.05) is 0 Å². The molecule has 0 bridgehead atoms. The quantitative estimate of drug-likeness (QED) is 0.182. The Morgan fingerprint density at radius 2 is 0.739 bits per heavy atom. The molecular formula is C45H35N. The lowest BCUT2D eigenvalue weighted by Crippen LogP contribution is -1.92. The molecule has 0 saturated carbocycles. The molecule has 46 heavy (non-hydrogen) atoms. The number of nitrogens with zero attached hydrogens (tertiary/aromatic N) is 1. The zero-order chi connectivity index (χ0) is 31.0. The molecule has 0 unspecified atom stereocenters. The van der Waals surface area contributed by atoms with E-state index in [0.717, 1.165) is 0 Å². The first kappa shape index (κ1) is 27.9. The van der Waals surface area contributed by atoms with Gasteiger partial charge >= 0.3 is 0 Å². The monoisotopic (exact) mass is 589 g/mol. The summed E-state index contributed by atoms with van der Waals surface area (Å²) < 4.78 is 2.36. The van der Waals surface area contributed by atoms with Crippen molar-refractivity contribution < 1.29 is 0 Å². The Bertz CT molecular complexity index is 2270. The Balaban J connectivity index is 1.04. The van der Waals surface area contributed by atoms with E-state index in [1.54, 1.807) is 0 Å². The van der Waals surface area contributed by atoms with Crippen LogP contribution in [0.4, 0.5) is 0 Å². The third-order valence-corrected chi connectivity index (χ3v) is 9.25. The van der Waals surface area contributed by atoms with Crippen LogP contribution in [0.25, 0.3) is 72.0 Å². The van der Waals surface area contributed by atoms with Crippen molar-refractivity contribution in [2.24, 2.45) is 0 Å². The van der Waals surface area contributed by atoms with Crippen molar-refractivity contribution in [2.75, 3.05) is 0 Å². The van der Waals surface area contributed by atoms with Crippen LogP contribution in [0.2, 0.25) is 0 Å². The second kappa shape index (κ2) is 11.7. The number of hydrogen-bond donors (Lipinski definition) is 0. The molecule has 0 saturated heterocycles. The topological polar surface area (TPSA) is 4.93 Å². The Hall–Kier alpha value is -5.66. The summed E-state index contributed by atoms with van der Waals surface area (Å²) in [6, 6.07) is 61.9. The third-order valence-electron chi connectivity index (χ3n) is 9.25. The Morgan fingerprint density at radius 3 is 1.24 bits per heavy atom. The maximum absolute atomic E-state index is 2.36. The fraction of sp³-hybridized carbons (Fsp3) is 0.0667. The second-order valence-corrected chi connectivity index (χ2v) is 12.4. The molecule has 1 heteroatoms. The van der Waals surface area contributed by atoms with Gasteiger partial charge in [-0.15, -0.1) is 0 Å². The zero-order valence-electron chi connectivity index (χ0n) is 26.2. The van der Waals surface area contributed by atoms with Crippen LogP contribution in [0.15, 0.2) is 170 Å². The van der Waals surface area contributed by atoms with Crippen LogP contribution >= 0.6 is 0 Å². The van der Waals surface area contributed by atoms with E-state index in [0.29, 0.717) is 5.92 Å². The summed E-state index contributed by atoms with van der Waals surface area (Å²) >= 11 is 0. The van der Waals surface area contributed by atoms with Crippen LogP contribution in [0, 0.1) is 0 Å². The molecular weight excluding hydrogens is 555 g/mol. The van der Waals surface area contributed by atoms with Gasteiger partial charge in [0, 0.05) is 16.5 Å². The highest BCUT2D eigenvalue weighted by Gasteiger charge is 2.13.